The Labute approximate surface area is 78.8 Å². The van der Waals surface area contributed by atoms with Crippen molar-refractivity contribution in [2.24, 2.45) is 0 Å². The van der Waals surface area contributed by atoms with E-state index in [1.807, 2.05) is 24.3 Å². The lowest BCUT2D eigenvalue weighted by Gasteiger charge is -1.96. The molecule has 1 rings (SSSR count). The third kappa shape index (κ3) is 3.54. The maximum absolute atomic E-state index is 5.50. The number of hydrogen-bond acceptors (Lipinski definition) is 2. The highest BCUT2D eigenvalue weighted by Crippen LogP contribution is 2.05. The van der Waals surface area contributed by atoms with Gasteiger partial charge in [-0.25, -0.2) is 0 Å². The molecule has 0 amide bonds. The number of nitrogen functional groups attached to an aromatic ring is 1. The van der Waals surface area contributed by atoms with Crippen molar-refractivity contribution >= 4 is 30.7 Å². The zero-order valence-corrected chi connectivity index (χ0v) is 7.87. The van der Waals surface area contributed by atoms with Crippen LogP contribution in [-0.2, 0) is 6.42 Å². The molecule has 0 fully saturated rings. The normalized spacial score (nSPS) is 8.82. The summed E-state index contributed by atoms with van der Waals surface area (Å²) in [5, 5.41) is 0. The van der Waals surface area contributed by atoms with Gasteiger partial charge in [0.05, 0.1) is 0 Å². The summed E-state index contributed by atoms with van der Waals surface area (Å²) in [5.41, 5.74) is 7.62. The molecule has 0 atom stereocenters. The van der Waals surface area contributed by atoms with E-state index in [1.54, 1.807) is 0 Å². The van der Waals surface area contributed by atoms with E-state index in [2.05, 4.69) is 12.6 Å². The van der Waals surface area contributed by atoms with Gasteiger partial charge in [-0.3, -0.25) is 0 Å². The minimum absolute atomic E-state index is 0. The molecule has 0 aliphatic rings. The van der Waals surface area contributed by atoms with E-state index in [-0.39, 0.29) is 12.4 Å². The average Bonchev–Trinajstić information content (AvgIpc) is 1.95. The SMILES string of the molecule is Cl.Nc1ccc(CCS)cc1. The van der Waals surface area contributed by atoms with Gasteiger partial charge < -0.3 is 5.73 Å². The van der Waals surface area contributed by atoms with E-state index >= 15 is 0 Å². The number of rotatable bonds is 2. The highest BCUT2D eigenvalue weighted by molar-refractivity contribution is 7.80. The van der Waals surface area contributed by atoms with E-state index in [1.165, 1.54) is 5.56 Å². The van der Waals surface area contributed by atoms with Crippen molar-refractivity contribution in [3.63, 3.8) is 0 Å². The van der Waals surface area contributed by atoms with Crippen LogP contribution in [0.1, 0.15) is 5.56 Å². The standard InChI is InChI=1S/C8H11NS.ClH/c9-8-3-1-7(2-4-8)5-6-10;/h1-4,10H,5-6,9H2;1H. The van der Waals surface area contributed by atoms with E-state index in [0.29, 0.717) is 0 Å². The largest absolute Gasteiger partial charge is 0.399 e. The van der Waals surface area contributed by atoms with Crippen LogP contribution in [0.2, 0.25) is 0 Å². The van der Waals surface area contributed by atoms with Crippen molar-refractivity contribution < 1.29 is 0 Å². The van der Waals surface area contributed by atoms with Crippen LogP contribution in [-0.4, -0.2) is 5.75 Å². The second kappa shape index (κ2) is 5.33. The van der Waals surface area contributed by atoms with Gasteiger partial charge >= 0.3 is 0 Å². The summed E-state index contributed by atoms with van der Waals surface area (Å²) in [6.45, 7) is 0. The summed E-state index contributed by atoms with van der Waals surface area (Å²) in [4.78, 5) is 0. The van der Waals surface area contributed by atoms with E-state index in [4.69, 9.17) is 5.73 Å². The summed E-state index contributed by atoms with van der Waals surface area (Å²) < 4.78 is 0. The third-order valence-corrected chi connectivity index (χ3v) is 1.60. The van der Waals surface area contributed by atoms with Crippen molar-refractivity contribution in [1.82, 2.24) is 0 Å². The number of benzene rings is 1. The predicted octanol–water partition coefficient (Wildman–Crippen LogP) is 2.16. The first-order valence-electron chi connectivity index (χ1n) is 3.28. The van der Waals surface area contributed by atoms with Gasteiger partial charge in [-0.05, 0) is 29.9 Å². The molecule has 0 radical (unpaired) electrons. The molecule has 0 heterocycles. The Morgan fingerprint density at radius 2 is 1.73 bits per heavy atom. The lowest BCUT2D eigenvalue weighted by atomic mass is 10.2. The number of aryl methyl sites for hydroxylation is 1. The Morgan fingerprint density at radius 1 is 1.18 bits per heavy atom. The minimum atomic E-state index is 0. The van der Waals surface area contributed by atoms with Gasteiger partial charge in [0.15, 0.2) is 0 Å². The molecular formula is C8H12ClNS. The van der Waals surface area contributed by atoms with Crippen LogP contribution in [0.4, 0.5) is 5.69 Å². The van der Waals surface area contributed by atoms with Crippen molar-refractivity contribution in [3.05, 3.63) is 29.8 Å². The summed E-state index contributed by atoms with van der Waals surface area (Å²) in [6, 6.07) is 7.90. The fourth-order valence-electron chi connectivity index (χ4n) is 0.813. The Bertz CT molecular complexity index is 198. The predicted molar refractivity (Wildman–Crippen MR) is 55.7 cm³/mol. The van der Waals surface area contributed by atoms with E-state index in [9.17, 15) is 0 Å². The van der Waals surface area contributed by atoms with Gasteiger partial charge in [-0.15, -0.1) is 12.4 Å². The Morgan fingerprint density at radius 3 is 2.18 bits per heavy atom. The van der Waals surface area contributed by atoms with Crippen LogP contribution in [0.15, 0.2) is 24.3 Å². The fraction of sp³-hybridized carbons (Fsp3) is 0.250. The second-order valence-corrected chi connectivity index (χ2v) is 2.66. The van der Waals surface area contributed by atoms with Gasteiger partial charge in [0.1, 0.15) is 0 Å². The maximum atomic E-state index is 5.50. The van der Waals surface area contributed by atoms with Crippen molar-refractivity contribution in [1.29, 1.82) is 0 Å². The molecule has 62 valence electrons. The molecule has 1 nitrogen and oxygen atoms in total. The van der Waals surface area contributed by atoms with E-state index < -0.39 is 0 Å². The Hall–Kier alpha value is -0.340. The summed E-state index contributed by atoms with van der Waals surface area (Å²) in [7, 11) is 0. The average molecular weight is 190 g/mol. The Kier molecular flexibility index (Phi) is 5.16. The molecular weight excluding hydrogens is 178 g/mol. The molecule has 0 aliphatic heterocycles. The molecule has 0 unspecified atom stereocenters. The smallest absolute Gasteiger partial charge is 0.0314 e. The molecule has 1 aromatic rings. The lowest BCUT2D eigenvalue weighted by molar-refractivity contribution is 1.16. The highest BCUT2D eigenvalue weighted by atomic mass is 35.5. The van der Waals surface area contributed by atoms with E-state index in [0.717, 1.165) is 17.9 Å². The quantitative estimate of drug-likeness (QED) is 0.541. The second-order valence-electron chi connectivity index (χ2n) is 2.22. The first-order valence-corrected chi connectivity index (χ1v) is 3.91. The number of hydrogen-bond donors (Lipinski definition) is 2. The molecule has 0 spiro atoms. The van der Waals surface area contributed by atoms with Crippen LogP contribution < -0.4 is 5.73 Å². The molecule has 3 heteroatoms. The Balaban J connectivity index is 0.000001000. The highest BCUT2D eigenvalue weighted by Gasteiger charge is 1.88. The molecule has 0 aliphatic carbocycles. The van der Waals surface area contributed by atoms with Gasteiger partial charge in [0.25, 0.3) is 0 Å². The summed E-state index contributed by atoms with van der Waals surface area (Å²) in [5.74, 6) is 0.893. The molecule has 0 bridgehead atoms. The van der Waals surface area contributed by atoms with Gasteiger partial charge in [-0.2, -0.15) is 12.6 Å². The first-order chi connectivity index (χ1) is 4.83. The van der Waals surface area contributed by atoms with Crippen LogP contribution in [0.3, 0.4) is 0 Å². The van der Waals surface area contributed by atoms with Gasteiger partial charge in [0, 0.05) is 5.69 Å². The zero-order valence-electron chi connectivity index (χ0n) is 6.16. The molecule has 0 saturated heterocycles. The zero-order chi connectivity index (χ0) is 7.40. The minimum Gasteiger partial charge on any atom is -0.399 e. The molecule has 11 heavy (non-hydrogen) atoms. The van der Waals surface area contributed by atoms with Crippen LogP contribution >= 0.6 is 25.0 Å². The maximum Gasteiger partial charge on any atom is 0.0314 e. The van der Waals surface area contributed by atoms with Crippen molar-refractivity contribution in [2.75, 3.05) is 11.5 Å². The third-order valence-electron chi connectivity index (χ3n) is 1.38. The van der Waals surface area contributed by atoms with Gasteiger partial charge in [-0.1, -0.05) is 12.1 Å². The van der Waals surface area contributed by atoms with Crippen molar-refractivity contribution in [3.8, 4) is 0 Å². The molecule has 2 N–H and O–H groups in total. The number of anilines is 1. The molecule has 0 aromatic heterocycles. The fourth-order valence-corrected chi connectivity index (χ4v) is 1.07. The summed E-state index contributed by atoms with van der Waals surface area (Å²) >= 11 is 4.13. The molecule has 1 aromatic carbocycles. The topological polar surface area (TPSA) is 26.0 Å². The lowest BCUT2D eigenvalue weighted by Crippen LogP contribution is -1.87. The number of nitrogens with two attached hydrogens (primary N) is 1. The molecule has 0 saturated carbocycles. The van der Waals surface area contributed by atoms with Gasteiger partial charge in [0.2, 0.25) is 0 Å². The van der Waals surface area contributed by atoms with Crippen LogP contribution in [0.25, 0.3) is 0 Å². The number of thiol groups is 1. The summed E-state index contributed by atoms with van der Waals surface area (Å²) in [6.07, 6.45) is 1.02. The van der Waals surface area contributed by atoms with Crippen LogP contribution in [0.5, 0.6) is 0 Å². The first kappa shape index (κ1) is 10.7. The van der Waals surface area contributed by atoms with Crippen LogP contribution in [0, 0.1) is 0 Å². The van der Waals surface area contributed by atoms with Crippen molar-refractivity contribution in [2.45, 2.75) is 6.42 Å². The monoisotopic (exact) mass is 189 g/mol. The number of halogens is 1.